The van der Waals surface area contributed by atoms with Crippen molar-refractivity contribution in [3.8, 4) is 22.7 Å². The Labute approximate surface area is 156 Å². The third-order valence-electron chi connectivity index (χ3n) is 4.23. The fourth-order valence-electron chi connectivity index (χ4n) is 3.16. The summed E-state index contributed by atoms with van der Waals surface area (Å²) in [5, 5.41) is 9.50. The molecular formula is C19H17Cl2N3O. The Morgan fingerprint density at radius 2 is 2.04 bits per heavy atom. The van der Waals surface area contributed by atoms with E-state index in [-0.39, 0.29) is 0 Å². The van der Waals surface area contributed by atoms with Crippen LogP contribution in [0.5, 0.6) is 5.75 Å². The molecule has 0 saturated carbocycles. The standard InChI is InChI=1S/C19H17Cl2N3O/c1-2-25-17-6-4-3-5-16(17)24-19-14(9-10-22-19)18(23-24)13-8-7-12(20)11-15(13)21/h3-8,11,22H,2,9-10H2,1H3. The van der Waals surface area contributed by atoms with E-state index in [0.717, 1.165) is 47.0 Å². The van der Waals surface area contributed by atoms with Crippen LogP contribution in [0.4, 0.5) is 5.82 Å². The number of aromatic nitrogens is 2. The highest BCUT2D eigenvalue weighted by atomic mass is 35.5. The smallest absolute Gasteiger partial charge is 0.145 e. The number of fused-ring (bicyclic) bond motifs is 1. The lowest BCUT2D eigenvalue weighted by Crippen LogP contribution is -2.06. The molecule has 1 N–H and O–H groups in total. The summed E-state index contributed by atoms with van der Waals surface area (Å²) in [6, 6.07) is 13.4. The van der Waals surface area contributed by atoms with Crippen molar-refractivity contribution in [2.45, 2.75) is 13.3 Å². The molecule has 1 aromatic heterocycles. The Bertz CT molecular complexity index is 936. The van der Waals surface area contributed by atoms with E-state index in [1.807, 2.05) is 48.0 Å². The summed E-state index contributed by atoms with van der Waals surface area (Å²) in [4.78, 5) is 0. The molecule has 2 heterocycles. The zero-order valence-electron chi connectivity index (χ0n) is 13.7. The minimum absolute atomic E-state index is 0.601. The zero-order valence-corrected chi connectivity index (χ0v) is 15.2. The Hall–Kier alpha value is -2.17. The molecule has 128 valence electrons. The third kappa shape index (κ3) is 2.86. The van der Waals surface area contributed by atoms with Crippen LogP contribution in [0.25, 0.3) is 16.9 Å². The van der Waals surface area contributed by atoms with Gasteiger partial charge in [0.2, 0.25) is 0 Å². The Morgan fingerprint density at radius 3 is 2.84 bits per heavy atom. The molecule has 0 aliphatic carbocycles. The lowest BCUT2D eigenvalue weighted by molar-refractivity contribution is 0.338. The maximum atomic E-state index is 6.42. The van der Waals surface area contributed by atoms with Gasteiger partial charge < -0.3 is 10.1 Å². The number of nitrogens with zero attached hydrogens (tertiary/aromatic N) is 2. The molecule has 4 nitrogen and oxygen atoms in total. The average Bonchev–Trinajstić information content (AvgIpc) is 3.19. The Balaban J connectivity index is 1.90. The predicted octanol–water partition coefficient (Wildman–Crippen LogP) is 5.21. The normalized spacial score (nSPS) is 12.8. The first-order valence-electron chi connectivity index (χ1n) is 8.22. The molecule has 0 fully saturated rings. The predicted molar refractivity (Wildman–Crippen MR) is 102 cm³/mol. The summed E-state index contributed by atoms with van der Waals surface area (Å²) < 4.78 is 7.68. The van der Waals surface area contributed by atoms with E-state index < -0.39 is 0 Å². The van der Waals surface area contributed by atoms with Crippen LogP contribution in [0.1, 0.15) is 12.5 Å². The van der Waals surface area contributed by atoms with Crippen LogP contribution in [0.15, 0.2) is 42.5 Å². The molecule has 2 aromatic carbocycles. The molecule has 0 bridgehead atoms. The Kier molecular flexibility index (Phi) is 4.32. The number of benzene rings is 2. The quantitative estimate of drug-likeness (QED) is 0.681. The van der Waals surface area contributed by atoms with E-state index in [0.29, 0.717) is 16.7 Å². The van der Waals surface area contributed by atoms with Crippen LogP contribution < -0.4 is 10.1 Å². The first-order valence-corrected chi connectivity index (χ1v) is 8.98. The molecule has 0 unspecified atom stereocenters. The van der Waals surface area contributed by atoms with E-state index in [1.54, 1.807) is 6.07 Å². The fraction of sp³-hybridized carbons (Fsp3) is 0.211. The van der Waals surface area contributed by atoms with Crippen molar-refractivity contribution in [1.82, 2.24) is 9.78 Å². The van der Waals surface area contributed by atoms with Crippen LogP contribution in [0, 0.1) is 0 Å². The van der Waals surface area contributed by atoms with Crippen LogP contribution >= 0.6 is 23.2 Å². The number of ether oxygens (including phenoxy) is 1. The molecule has 0 atom stereocenters. The molecule has 1 aliphatic heterocycles. The number of rotatable bonds is 4. The monoisotopic (exact) mass is 373 g/mol. The maximum Gasteiger partial charge on any atom is 0.145 e. The summed E-state index contributed by atoms with van der Waals surface area (Å²) in [6.07, 6.45) is 0.903. The lowest BCUT2D eigenvalue weighted by Gasteiger charge is -2.12. The van der Waals surface area contributed by atoms with Gasteiger partial charge in [0.15, 0.2) is 0 Å². The Morgan fingerprint density at radius 1 is 1.20 bits per heavy atom. The third-order valence-corrected chi connectivity index (χ3v) is 4.78. The number of halogens is 2. The maximum absolute atomic E-state index is 6.42. The van der Waals surface area contributed by atoms with Gasteiger partial charge in [0, 0.05) is 22.7 Å². The highest BCUT2D eigenvalue weighted by molar-refractivity contribution is 6.36. The number of anilines is 1. The molecular weight excluding hydrogens is 357 g/mol. The van der Waals surface area contributed by atoms with Gasteiger partial charge in [-0.15, -0.1) is 0 Å². The minimum Gasteiger partial charge on any atom is -0.492 e. The SMILES string of the molecule is CCOc1ccccc1-n1nc(-c2ccc(Cl)cc2Cl)c2c1NCC2. The van der Waals surface area contributed by atoms with Crippen molar-refractivity contribution in [3.05, 3.63) is 58.1 Å². The molecule has 1 aliphatic rings. The topological polar surface area (TPSA) is 39.1 Å². The second-order valence-corrected chi connectivity index (χ2v) is 6.63. The van der Waals surface area contributed by atoms with Gasteiger partial charge in [0.05, 0.1) is 17.3 Å². The van der Waals surface area contributed by atoms with E-state index >= 15 is 0 Å². The first-order chi connectivity index (χ1) is 12.2. The van der Waals surface area contributed by atoms with Crippen molar-refractivity contribution in [2.75, 3.05) is 18.5 Å². The highest BCUT2D eigenvalue weighted by Gasteiger charge is 2.26. The molecule has 0 spiro atoms. The molecule has 6 heteroatoms. The molecule has 3 aromatic rings. The minimum atomic E-state index is 0.601. The van der Waals surface area contributed by atoms with Crippen molar-refractivity contribution < 1.29 is 4.74 Å². The van der Waals surface area contributed by atoms with Gasteiger partial charge in [0.25, 0.3) is 0 Å². The molecule has 25 heavy (non-hydrogen) atoms. The van der Waals surface area contributed by atoms with Crippen LogP contribution in [-0.2, 0) is 6.42 Å². The van der Waals surface area contributed by atoms with Gasteiger partial charge in [0.1, 0.15) is 17.3 Å². The van der Waals surface area contributed by atoms with Crippen molar-refractivity contribution in [2.24, 2.45) is 0 Å². The number of hydrogen-bond donors (Lipinski definition) is 1. The second kappa shape index (κ2) is 6.62. The number of para-hydroxylation sites is 2. The van der Waals surface area contributed by atoms with Gasteiger partial charge in [-0.3, -0.25) is 0 Å². The summed E-state index contributed by atoms with van der Waals surface area (Å²) in [6.45, 7) is 3.45. The summed E-state index contributed by atoms with van der Waals surface area (Å²) in [5.41, 5.74) is 3.84. The first kappa shape index (κ1) is 16.3. The van der Waals surface area contributed by atoms with Crippen molar-refractivity contribution >= 4 is 29.0 Å². The summed E-state index contributed by atoms with van der Waals surface area (Å²) >= 11 is 12.5. The van der Waals surface area contributed by atoms with E-state index in [2.05, 4.69) is 5.32 Å². The van der Waals surface area contributed by atoms with Gasteiger partial charge in [-0.1, -0.05) is 35.3 Å². The number of hydrogen-bond acceptors (Lipinski definition) is 3. The summed E-state index contributed by atoms with van der Waals surface area (Å²) in [5.74, 6) is 1.80. The average molecular weight is 374 g/mol. The molecule has 0 saturated heterocycles. The molecule has 0 radical (unpaired) electrons. The van der Waals surface area contributed by atoms with Crippen LogP contribution in [0.3, 0.4) is 0 Å². The van der Waals surface area contributed by atoms with Crippen molar-refractivity contribution in [3.63, 3.8) is 0 Å². The zero-order chi connectivity index (χ0) is 17.4. The van der Waals surface area contributed by atoms with Gasteiger partial charge in [-0.05, 0) is 43.7 Å². The van der Waals surface area contributed by atoms with Crippen molar-refractivity contribution in [1.29, 1.82) is 0 Å². The van der Waals surface area contributed by atoms with Gasteiger partial charge in [-0.25, -0.2) is 4.68 Å². The van der Waals surface area contributed by atoms with E-state index in [4.69, 9.17) is 33.0 Å². The van der Waals surface area contributed by atoms with E-state index in [1.165, 1.54) is 0 Å². The second-order valence-electron chi connectivity index (χ2n) is 5.79. The highest BCUT2D eigenvalue weighted by Crippen LogP contribution is 2.39. The lowest BCUT2D eigenvalue weighted by atomic mass is 10.1. The molecule has 0 amide bonds. The van der Waals surface area contributed by atoms with E-state index in [9.17, 15) is 0 Å². The fourth-order valence-corrected chi connectivity index (χ4v) is 3.65. The van der Waals surface area contributed by atoms with Gasteiger partial charge >= 0.3 is 0 Å². The molecule has 4 rings (SSSR count). The number of nitrogens with one attached hydrogen (secondary N) is 1. The largest absolute Gasteiger partial charge is 0.492 e. The van der Waals surface area contributed by atoms with Crippen LogP contribution in [-0.4, -0.2) is 22.9 Å². The van der Waals surface area contributed by atoms with Crippen LogP contribution in [0.2, 0.25) is 10.0 Å². The summed E-state index contributed by atoms with van der Waals surface area (Å²) in [7, 11) is 0. The van der Waals surface area contributed by atoms with Gasteiger partial charge in [-0.2, -0.15) is 5.10 Å².